The predicted molar refractivity (Wildman–Crippen MR) is 75.8 cm³/mol. The van der Waals surface area contributed by atoms with Crippen molar-refractivity contribution in [1.82, 2.24) is 30.3 Å². The van der Waals surface area contributed by atoms with Crippen LogP contribution in [0, 0.1) is 17.1 Å². The number of tetrazole rings is 1. The standard InChI is InChI=1S/C13H11FN8/c14-9-6-10-11(5-8(9)7-15)22-13(18-19-20-22)12(17-10)21-3-1-16-2-4-21/h5-6,16H,1-4H2. The minimum absolute atomic E-state index is 0.0546. The van der Waals surface area contributed by atoms with E-state index in [-0.39, 0.29) is 5.56 Å². The van der Waals surface area contributed by atoms with Gasteiger partial charge in [0.2, 0.25) is 5.65 Å². The lowest BCUT2D eigenvalue weighted by atomic mass is 10.2. The molecule has 2 aromatic heterocycles. The average Bonchev–Trinajstić information content (AvgIpc) is 3.04. The number of nitrogens with one attached hydrogen (secondary N) is 1. The number of halogens is 1. The van der Waals surface area contributed by atoms with Crippen LogP contribution in [0.4, 0.5) is 10.2 Å². The molecule has 8 nitrogen and oxygen atoms in total. The summed E-state index contributed by atoms with van der Waals surface area (Å²) in [6.07, 6.45) is 0. The van der Waals surface area contributed by atoms with Gasteiger partial charge in [0.05, 0.1) is 16.6 Å². The molecule has 0 amide bonds. The van der Waals surface area contributed by atoms with Crippen LogP contribution < -0.4 is 10.2 Å². The van der Waals surface area contributed by atoms with Gasteiger partial charge in [0, 0.05) is 32.2 Å². The van der Waals surface area contributed by atoms with Gasteiger partial charge in [-0.1, -0.05) is 0 Å². The van der Waals surface area contributed by atoms with Crippen molar-refractivity contribution < 1.29 is 4.39 Å². The van der Waals surface area contributed by atoms with Crippen molar-refractivity contribution in [2.45, 2.75) is 0 Å². The van der Waals surface area contributed by atoms with Crippen LogP contribution in [0.1, 0.15) is 5.56 Å². The number of aromatic nitrogens is 5. The number of rotatable bonds is 1. The fourth-order valence-electron chi connectivity index (χ4n) is 2.64. The number of fused-ring (bicyclic) bond motifs is 3. The lowest BCUT2D eigenvalue weighted by molar-refractivity contribution is 0.585. The van der Waals surface area contributed by atoms with Crippen molar-refractivity contribution in [2.75, 3.05) is 31.1 Å². The van der Waals surface area contributed by atoms with Crippen LogP contribution in [0.5, 0.6) is 0 Å². The second kappa shape index (κ2) is 4.85. The lowest BCUT2D eigenvalue weighted by Gasteiger charge is -2.28. The van der Waals surface area contributed by atoms with Crippen molar-refractivity contribution in [1.29, 1.82) is 5.26 Å². The molecule has 3 aromatic rings. The van der Waals surface area contributed by atoms with Crippen LogP contribution in [-0.4, -0.2) is 51.2 Å². The molecule has 110 valence electrons. The summed E-state index contributed by atoms with van der Waals surface area (Å²) in [7, 11) is 0. The molecule has 0 radical (unpaired) electrons. The van der Waals surface area contributed by atoms with Gasteiger partial charge in [0.25, 0.3) is 0 Å². The van der Waals surface area contributed by atoms with Crippen molar-refractivity contribution >= 4 is 22.5 Å². The second-order valence-electron chi connectivity index (χ2n) is 5.02. The molecule has 0 bridgehead atoms. The Morgan fingerprint density at radius 1 is 1.27 bits per heavy atom. The maximum absolute atomic E-state index is 13.9. The first-order chi connectivity index (χ1) is 10.8. The Labute approximate surface area is 124 Å². The number of hydrogen-bond donors (Lipinski definition) is 1. The van der Waals surface area contributed by atoms with E-state index in [0.717, 1.165) is 26.2 Å². The highest BCUT2D eigenvalue weighted by atomic mass is 19.1. The molecule has 1 aromatic carbocycles. The first-order valence-corrected chi connectivity index (χ1v) is 6.85. The molecule has 4 rings (SSSR count). The summed E-state index contributed by atoms with van der Waals surface area (Å²) >= 11 is 0. The zero-order valence-electron chi connectivity index (χ0n) is 11.5. The number of benzene rings is 1. The third-order valence-electron chi connectivity index (χ3n) is 3.73. The summed E-state index contributed by atoms with van der Waals surface area (Å²) in [5, 5.41) is 23.9. The molecule has 1 N–H and O–H groups in total. The van der Waals surface area contributed by atoms with Crippen molar-refractivity contribution in [3.63, 3.8) is 0 Å². The maximum atomic E-state index is 13.9. The van der Waals surface area contributed by atoms with E-state index < -0.39 is 5.82 Å². The fourth-order valence-corrected chi connectivity index (χ4v) is 2.64. The Morgan fingerprint density at radius 2 is 2.09 bits per heavy atom. The summed E-state index contributed by atoms with van der Waals surface area (Å²) < 4.78 is 15.4. The Bertz CT molecular complexity index is 906. The highest BCUT2D eigenvalue weighted by Gasteiger charge is 2.20. The molecule has 1 saturated heterocycles. The molecule has 1 fully saturated rings. The summed E-state index contributed by atoms with van der Waals surface area (Å²) in [4.78, 5) is 6.59. The Hall–Kier alpha value is -2.86. The summed E-state index contributed by atoms with van der Waals surface area (Å²) in [6, 6.07) is 4.49. The van der Waals surface area contributed by atoms with E-state index >= 15 is 0 Å². The molecule has 0 aliphatic carbocycles. The van der Waals surface area contributed by atoms with E-state index in [1.807, 2.05) is 6.07 Å². The normalized spacial score (nSPS) is 15.4. The monoisotopic (exact) mass is 298 g/mol. The minimum atomic E-state index is -0.596. The van der Waals surface area contributed by atoms with Gasteiger partial charge in [-0.05, 0) is 16.5 Å². The second-order valence-corrected chi connectivity index (χ2v) is 5.02. The number of hydrogen-bond acceptors (Lipinski definition) is 7. The maximum Gasteiger partial charge on any atom is 0.222 e. The van der Waals surface area contributed by atoms with Crippen LogP contribution in [-0.2, 0) is 0 Å². The molecule has 0 unspecified atom stereocenters. The van der Waals surface area contributed by atoms with Crippen LogP contribution in [0.2, 0.25) is 0 Å². The molecular weight excluding hydrogens is 287 g/mol. The third-order valence-corrected chi connectivity index (χ3v) is 3.73. The summed E-state index contributed by atoms with van der Waals surface area (Å²) in [5.41, 5.74) is 1.38. The topological polar surface area (TPSA) is 95.0 Å². The van der Waals surface area contributed by atoms with Crippen LogP contribution in [0.15, 0.2) is 12.1 Å². The zero-order valence-corrected chi connectivity index (χ0v) is 11.5. The van der Waals surface area contributed by atoms with Gasteiger partial charge in [0.1, 0.15) is 11.9 Å². The number of piperazine rings is 1. The number of nitrogens with zero attached hydrogens (tertiary/aromatic N) is 7. The molecule has 1 aliphatic rings. The van der Waals surface area contributed by atoms with E-state index in [9.17, 15) is 4.39 Å². The first kappa shape index (κ1) is 12.8. The van der Waals surface area contributed by atoms with Gasteiger partial charge in [-0.2, -0.15) is 9.78 Å². The van der Waals surface area contributed by atoms with E-state index in [0.29, 0.717) is 22.5 Å². The van der Waals surface area contributed by atoms with Crippen LogP contribution in [0.25, 0.3) is 16.7 Å². The smallest absolute Gasteiger partial charge is 0.222 e. The summed E-state index contributed by atoms with van der Waals surface area (Å²) in [6.45, 7) is 3.24. The zero-order chi connectivity index (χ0) is 15.1. The molecule has 22 heavy (non-hydrogen) atoms. The third kappa shape index (κ3) is 1.85. The molecular formula is C13H11FN8. The Morgan fingerprint density at radius 3 is 2.86 bits per heavy atom. The SMILES string of the molecule is N#Cc1cc2c(cc1F)nc(N1CCNCC1)c1nnnn12. The largest absolute Gasteiger partial charge is 0.351 e. The molecule has 3 heterocycles. The molecule has 0 saturated carbocycles. The van der Waals surface area contributed by atoms with E-state index in [1.165, 1.54) is 16.6 Å². The quantitative estimate of drug-likeness (QED) is 0.680. The lowest BCUT2D eigenvalue weighted by Crippen LogP contribution is -2.44. The van der Waals surface area contributed by atoms with Crippen LogP contribution in [0.3, 0.4) is 0 Å². The average molecular weight is 298 g/mol. The molecule has 9 heteroatoms. The van der Waals surface area contributed by atoms with Crippen molar-refractivity contribution in [3.8, 4) is 6.07 Å². The minimum Gasteiger partial charge on any atom is -0.351 e. The first-order valence-electron chi connectivity index (χ1n) is 6.85. The van der Waals surface area contributed by atoms with Gasteiger partial charge in [0.15, 0.2) is 5.82 Å². The highest BCUT2D eigenvalue weighted by molar-refractivity contribution is 5.83. The van der Waals surface area contributed by atoms with E-state index in [2.05, 4.69) is 30.7 Å². The fraction of sp³-hybridized carbons (Fsp3) is 0.308. The van der Waals surface area contributed by atoms with Crippen LogP contribution >= 0.6 is 0 Å². The van der Waals surface area contributed by atoms with E-state index in [1.54, 1.807) is 0 Å². The van der Waals surface area contributed by atoms with Gasteiger partial charge < -0.3 is 10.2 Å². The van der Waals surface area contributed by atoms with Crippen molar-refractivity contribution in [2.24, 2.45) is 0 Å². The highest BCUT2D eigenvalue weighted by Crippen LogP contribution is 2.24. The van der Waals surface area contributed by atoms with Gasteiger partial charge >= 0.3 is 0 Å². The van der Waals surface area contributed by atoms with Gasteiger partial charge in [-0.15, -0.1) is 5.10 Å². The Balaban J connectivity index is 2.01. The van der Waals surface area contributed by atoms with Gasteiger partial charge in [-0.3, -0.25) is 0 Å². The number of nitriles is 1. The molecule has 0 spiro atoms. The van der Waals surface area contributed by atoms with E-state index in [4.69, 9.17) is 5.26 Å². The van der Waals surface area contributed by atoms with Crippen molar-refractivity contribution in [3.05, 3.63) is 23.5 Å². The van der Waals surface area contributed by atoms with Gasteiger partial charge in [-0.25, -0.2) is 9.37 Å². The summed E-state index contributed by atoms with van der Waals surface area (Å²) in [5.74, 6) is 0.0318. The predicted octanol–water partition coefficient (Wildman–Crippen LogP) is 0.0929. The number of anilines is 1. The Kier molecular flexibility index (Phi) is 2.83. The molecule has 1 aliphatic heterocycles. The molecule has 0 atom stereocenters.